The zero-order valence-electron chi connectivity index (χ0n) is 21.1. The van der Waals surface area contributed by atoms with Crippen molar-refractivity contribution < 1.29 is 9.59 Å². The topological polar surface area (TPSA) is 79.3 Å². The van der Waals surface area contributed by atoms with Crippen molar-refractivity contribution in [1.82, 2.24) is 25.1 Å². The second kappa shape index (κ2) is 9.00. The van der Waals surface area contributed by atoms with E-state index >= 15 is 0 Å². The smallest absolute Gasteiger partial charge is 0.272 e. The molecule has 0 fully saturated rings. The van der Waals surface area contributed by atoms with Gasteiger partial charge in [0.1, 0.15) is 11.9 Å². The van der Waals surface area contributed by atoms with Crippen LogP contribution in [0.3, 0.4) is 0 Å². The van der Waals surface area contributed by atoms with Crippen LogP contribution in [0.1, 0.15) is 82.8 Å². The molecule has 0 bridgehead atoms. The molecular weight excluding hydrogens is 402 g/mol. The third kappa shape index (κ3) is 5.08. The predicted molar refractivity (Wildman–Crippen MR) is 128 cm³/mol. The zero-order chi connectivity index (χ0) is 23.8. The van der Waals surface area contributed by atoms with Gasteiger partial charge in [-0.3, -0.25) is 14.5 Å². The third-order valence-corrected chi connectivity index (χ3v) is 6.99. The summed E-state index contributed by atoms with van der Waals surface area (Å²) in [5, 5.41) is 5.64. The van der Waals surface area contributed by atoms with Crippen LogP contribution in [-0.4, -0.2) is 52.9 Å². The molecular formula is C25H41N5O2. The van der Waals surface area contributed by atoms with Crippen molar-refractivity contribution in [1.29, 1.82) is 0 Å². The van der Waals surface area contributed by atoms with Gasteiger partial charge in [-0.25, -0.2) is 4.98 Å². The van der Waals surface area contributed by atoms with Crippen LogP contribution in [0.4, 0.5) is 0 Å². The Morgan fingerprint density at radius 3 is 2.38 bits per heavy atom. The predicted octanol–water partition coefficient (Wildman–Crippen LogP) is 3.45. The van der Waals surface area contributed by atoms with Crippen molar-refractivity contribution in [2.75, 3.05) is 20.6 Å². The minimum absolute atomic E-state index is 0.195. The largest absolute Gasteiger partial charge is 0.357 e. The fourth-order valence-electron chi connectivity index (χ4n) is 4.76. The molecule has 2 N–H and O–H groups in total. The first kappa shape index (κ1) is 24.5. The van der Waals surface area contributed by atoms with Crippen LogP contribution < -0.4 is 10.6 Å². The summed E-state index contributed by atoms with van der Waals surface area (Å²) in [5.74, 6) is 1.12. The van der Waals surface area contributed by atoms with Crippen LogP contribution in [0.5, 0.6) is 0 Å². The van der Waals surface area contributed by atoms with E-state index in [4.69, 9.17) is 4.98 Å². The summed E-state index contributed by atoms with van der Waals surface area (Å²) in [5.41, 5.74) is 2.51. The number of fused-ring (bicyclic) bond motifs is 1. The maximum Gasteiger partial charge on any atom is 0.272 e. The number of carbonyl (C=O) groups is 2. The minimum Gasteiger partial charge on any atom is -0.357 e. The Bertz CT molecular complexity index is 901. The summed E-state index contributed by atoms with van der Waals surface area (Å²) >= 11 is 0. The molecule has 2 atom stereocenters. The Morgan fingerprint density at radius 2 is 1.84 bits per heavy atom. The van der Waals surface area contributed by atoms with Gasteiger partial charge in [0.15, 0.2) is 5.69 Å². The van der Waals surface area contributed by atoms with Crippen LogP contribution in [0.2, 0.25) is 0 Å². The Hall–Kier alpha value is -2.15. The Balaban J connectivity index is 1.94. The molecule has 7 nitrogen and oxygen atoms in total. The zero-order valence-corrected chi connectivity index (χ0v) is 21.1. The summed E-state index contributed by atoms with van der Waals surface area (Å²) in [6.45, 7) is 15.2. The number of nitrogens with zero attached hydrogens (tertiary/aromatic N) is 3. The molecule has 32 heavy (non-hydrogen) atoms. The molecule has 1 aromatic heterocycles. The van der Waals surface area contributed by atoms with Gasteiger partial charge in [0.05, 0.1) is 5.69 Å². The summed E-state index contributed by atoms with van der Waals surface area (Å²) in [6.07, 6.45) is 5.50. The van der Waals surface area contributed by atoms with Gasteiger partial charge >= 0.3 is 0 Å². The Kier molecular flexibility index (Phi) is 6.89. The normalized spacial score (nSPS) is 20.9. The number of likely N-dealkylation sites (N-methyl/N-ethyl adjacent to an activating group) is 2. The SMILES string of the molecule is CNC(=O)C(NC(=O)c1nc(C2=CCC(C(C)(C)C)CC2)n2c1CN(C)CC2)C(C)(C)C. The molecule has 0 saturated carbocycles. The number of rotatable bonds is 4. The molecule has 178 valence electrons. The van der Waals surface area contributed by atoms with Gasteiger partial charge in [-0.15, -0.1) is 0 Å². The van der Waals surface area contributed by atoms with Gasteiger partial charge in [-0.05, 0) is 48.6 Å². The van der Waals surface area contributed by atoms with Crippen molar-refractivity contribution in [2.24, 2.45) is 16.7 Å². The van der Waals surface area contributed by atoms with E-state index in [0.717, 1.165) is 43.9 Å². The fourth-order valence-corrected chi connectivity index (χ4v) is 4.76. The molecule has 7 heteroatoms. The van der Waals surface area contributed by atoms with E-state index in [9.17, 15) is 9.59 Å². The molecule has 0 saturated heterocycles. The molecule has 2 amide bonds. The van der Waals surface area contributed by atoms with Crippen LogP contribution in [0, 0.1) is 16.7 Å². The van der Waals surface area contributed by atoms with E-state index in [1.165, 1.54) is 5.57 Å². The number of hydrogen-bond acceptors (Lipinski definition) is 4. The second-order valence-corrected chi connectivity index (χ2v) is 11.6. The number of carbonyl (C=O) groups excluding carboxylic acids is 2. The molecule has 0 aromatic carbocycles. The van der Waals surface area contributed by atoms with Crippen LogP contribution in [0.15, 0.2) is 6.08 Å². The first-order chi connectivity index (χ1) is 14.8. The molecule has 1 aliphatic heterocycles. The quantitative estimate of drug-likeness (QED) is 0.747. The number of allylic oxidation sites excluding steroid dienone is 2. The first-order valence-electron chi connectivity index (χ1n) is 11.8. The molecule has 2 aliphatic rings. The van der Waals surface area contributed by atoms with Crippen molar-refractivity contribution in [3.8, 4) is 0 Å². The first-order valence-corrected chi connectivity index (χ1v) is 11.8. The van der Waals surface area contributed by atoms with Gasteiger partial charge in [0, 0.05) is 26.7 Å². The van der Waals surface area contributed by atoms with Gasteiger partial charge in [-0.2, -0.15) is 0 Å². The lowest BCUT2D eigenvalue weighted by Gasteiger charge is -2.33. The standard InChI is InChI=1S/C25H41N5O2/c1-24(2,3)17-11-9-16(10-12-17)21-27-19(18-15-29(8)13-14-30(18)21)22(31)28-20(23(32)26-7)25(4,5)6/h9,17,20H,10-15H2,1-8H3,(H,26,32)(H,28,31). The Labute approximate surface area is 193 Å². The summed E-state index contributed by atoms with van der Waals surface area (Å²) in [4.78, 5) is 32.9. The monoisotopic (exact) mass is 443 g/mol. The van der Waals surface area contributed by atoms with Gasteiger partial charge < -0.3 is 15.2 Å². The van der Waals surface area contributed by atoms with Gasteiger partial charge in [0.25, 0.3) is 5.91 Å². The Morgan fingerprint density at radius 1 is 1.16 bits per heavy atom. The summed E-state index contributed by atoms with van der Waals surface area (Å²) in [6, 6.07) is -0.636. The lowest BCUT2D eigenvalue weighted by molar-refractivity contribution is -0.124. The highest BCUT2D eigenvalue weighted by molar-refractivity contribution is 5.97. The number of nitrogens with one attached hydrogen (secondary N) is 2. The number of imidazole rings is 1. The van der Waals surface area contributed by atoms with Crippen LogP contribution >= 0.6 is 0 Å². The highest BCUT2D eigenvalue weighted by Crippen LogP contribution is 2.40. The van der Waals surface area contributed by atoms with Crippen LogP contribution in [-0.2, 0) is 17.9 Å². The molecule has 1 aromatic rings. The summed E-state index contributed by atoms with van der Waals surface area (Å²) < 4.78 is 2.23. The molecule has 2 unspecified atom stereocenters. The van der Waals surface area contributed by atoms with Crippen molar-refractivity contribution in [3.63, 3.8) is 0 Å². The summed E-state index contributed by atoms with van der Waals surface area (Å²) in [7, 11) is 3.66. The van der Waals surface area contributed by atoms with Crippen molar-refractivity contribution >= 4 is 17.4 Å². The average molecular weight is 444 g/mol. The third-order valence-electron chi connectivity index (χ3n) is 6.99. The van der Waals surface area contributed by atoms with Crippen molar-refractivity contribution in [2.45, 2.75) is 79.9 Å². The van der Waals surface area contributed by atoms with Gasteiger partial charge in [0.2, 0.25) is 5.91 Å². The molecule has 1 aliphatic carbocycles. The minimum atomic E-state index is -0.636. The average Bonchev–Trinajstić information content (AvgIpc) is 3.08. The highest BCUT2D eigenvalue weighted by Gasteiger charge is 2.35. The maximum absolute atomic E-state index is 13.4. The van der Waals surface area contributed by atoms with E-state index in [1.54, 1.807) is 7.05 Å². The molecule has 3 rings (SSSR count). The van der Waals surface area contributed by atoms with Crippen LogP contribution in [0.25, 0.3) is 5.57 Å². The van der Waals surface area contributed by atoms with E-state index in [2.05, 4.69) is 54.0 Å². The lowest BCUT2D eigenvalue weighted by Crippen LogP contribution is -2.53. The van der Waals surface area contributed by atoms with E-state index in [1.807, 2.05) is 20.8 Å². The number of hydrogen-bond donors (Lipinski definition) is 2. The fraction of sp³-hybridized carbons (Fsp3) is 0.720. The molecule has 0 radical (unpaired) electrons. The van der Waals surface area contributed by atoms with E-state index in [-0.39, 0.29) is 11.8 Å². The lowest BCUT2D eigenvalue weighted by atomic mass is 9.73. The molecule has 2 heterocycles. The van der Waals surface area contributed by atoms with Crippen molar-refractivity contribution in [3.05, 3.63) is 23.3 Å². The van der Waals surface area contributed by atoms with Gasteiger partial charge in [-0.1, -0.05) is 47.6 Å². The molecule has 0 spiro atoms. The highest BCUT2D eigenvalue weighted by atomic mass is 16.2. The second-order valence-electron chi connectivity index (χ2n) is 11.6. The van der Waals surface area contributed by atoms with E-state index < -0.39 is 11.5 Å². The van der Waals surface area contributed by atoms with E-state index in [0.29, 0.717) is 23.6 Å². The number of amides is 2. The maximum atomic E-state index is 13.4. The number of aromatic nitrogens is 2.